The minimum Gasteiger partial charge on any atom is -0.763 e. The van der Waals surface area contributed by atoms with Crippen LogP contribution in [0.15, 0.2) is 10.1 Å². The zero-order valence-corrected chi connectivity index (χ0v) is 4.60. The summed E-state index contributed by atoms with van der Waals surface area (Å²) in [7, 11) is 0. The topological polar surface area (TPSA) is 52.0 Å². The second-order valence-electron chi connectivity index (χ2n) is 0.729. The van der Waals surface area contributed by atoms with Crippen LogP contribution >= 0.6 is 0 Å². The molecule has 2 nitrogen and oxygen atoms in total. The van der Waals surface area contributed by atoms with Gasteiger partial charge in [-0.3, -0.25) is 0 Å². The molecule has 0 aliphatic rings. The lowest BCUT2D eigenvalue weighted by Gasteiger charge is -2.14. The summed E-state index contributed by atoms with van der Waals surface area (Å²) in [5.41, 5.74) is 9.80. The van der Waals surface area contributed by atoms with E-state index in [0.717, 1.165) is 0 Å². The zero-order valence-electron chi connectivity index (χ0n) is 2.97. The fourth-order valence-electron chi connectivity index (χ4n) is 0. The van der Waals surface area contributed by atoms with Gasteiger partial charge in [0, 0.05) is 0 Å². The van der Waals surface area contributed by atoms with Gasteiger partial charge in [0.05, 0.1) is 0 Å². The Bertz CT molecular complexity index is 59.6. The minimum absolute atomic E-state index is 0.102. The van der Waals surface area contributed by atoms with Gasteiger partial charge in [0.15, 0.2) is 0 Å². The van der Waals surface area contributed by atoms with Crippen molar-refractivity contribution < 1.29 is 0 Å². The summed E-state index contributed by atoms with van der Waals surface area (Å²) < 4.78 is 0. The van der Waals surface area contributed by atoms with Gasteiger partial charge in [-0.05, 0) is 0 Å². The molecule has 0 rings (SSSR count). The third-order valence-electron chi connectivity index (χ3n) is 0.243. The molecule has 0 aromatic rings. The van der Waals surface area contributed by atoms with E-state index in [2.05, 4.69) is 25.3 Å². The predicted octanol–water partition coefficient (Wildman–Crippen LogP) is -0.876. The monoisotopic (exact) mass is 120 g/mol. The SMILES string of the molecule is N/C([S-])=C(/N)[S-]. The van der Waals surface area contributed by atoms with E-state index < -0.39 is 0 Å². The second-order valence-corrected chi connectivity index (χ2v) is 1.61. The van der Waals surface area contributed by atoms with E-state index in [4.69, 9.17) is 11.5 Å². The molecule has 0 aromatic carbocycles. The van der Waals surface area contributed by atoms with Gasteiger partial charge in [0.1, 0.15) is 0 Å². The lowest BCUT2D eigenvalue weighted by atomic mass is 10.9. The molecule has 0 aromatic heterocycles. The first-order chi connectivity index (χ1) is 2.64. The summed E-state index contributed by atoms with van der Waals surface area (Å²) in [6.07, 6.45) is 0. The summed E-state index contributed by atoms with van der Waals surface area (Å²) in [6.45, 7) is 0. The largest absolute Gasteiger partial charge is 0.763 e. The fourth-order valence-corrected chi connectivity index (χ4v) is 0. The van der Waals surface area contributed by atoms with Crippen LogP contribution in [0, 0.1) is 0 Å². The number of hydrogen-bond acceptors (Lipinski definition) is 4. The van der Waals surface area contributed by atoms with E-state index in [1.807, 2.05) is 0 Å². The van der Waals surface area contributed by atoms with Crippen molar-refractivity contribution in [3.8, 4) is 0 Å². The molecule has 0 fully saturated rings. The van der Waals surface area contributed by atoms with Crippen molar-refractivity contribution in [1.82, 2.24) is 0 Å². The highest BCUT2D eigenvalue weighted by atomic mass is 32.1. The van der Waals surface area contributed by atoms with E-state index in [1.165, 1.54) is 0 Å². The van der Waals surface area contributed by atoms with Gasteiger partial charge >= 0.3 is 0 Å². The van der Waals surface area contributed by atoms with Crippen molar-refractivity contribution in [3.05, 3.63) is 10.1 Å². The molecule has 0 unspecified atom stereocenters. The summed E-state index contributed by atoms with van der Waals surface area (Å²) in [4.78, 5) is 0. The third-order valence-corrected chi connectivity index (χ3v) is 0.812. The molecule has 0 radical (unpaired) electrons. The Morgan fingerprint density at radius 3 is 1.17 bits per heavy atom. The van der Waals surface area contributed by atoms with Crippen molar-refractivity contribution in [2.75, 3.05) is 0 Å². The van der Waals surface area contributed by atoms with Gasteiger partial charge in [-0.1, -0.05) is 0 Å². The molecule has 36 valence electrons. The first kappa shape index (κ1) is 5.78. The van der Waals surface area contributed by atoms with E-state index >= 15 is 0 Å². The van der Waals surface area contributed by atoms with Crippen LogP contribution in [0.1, 0.15) is 0 Å². The molecule has 0 atom stereocenters. The summed E-state index contributed by atoms with van der Waals surface area (Å²) in [5, 5.41) is 0.204. The molecule has 6 heavy (non-hydrogen) atoms. The molecule has 4 heteroatoms. The highest BCUT2D eigenvalue weighted by Gasteiger charge is 1.53. The van der Waals surface area contributed by atoms with Crippen LogP contribution in [0.3, 0.4) is 0 Å². The Balaban J connectivity index is 3.68. The Kier molecular flexibility index (Phi) is 1.97. The standard InChI is InChI=1S/C2H6N2S2/c3-1(5)2(4)6/h5-6H,3-4H2/p-2/b2-1+. The van der Waals surface area contributed by atoms with E-state index in [1.54, 1.807) is 0 Å². The molecule has 0 saturated heterocycles. The molecule has 0 amide bonds. The van der Waals surface area contributed by atoms with Crippen LogP contribution < -0.4 is 11.5 Å². The third kappa shape index (κ3) is 2.04. The maximum Gasteiger partial charge on any atom is -0.123 e. The average molecular weight is 120 g/mol. The second kappa shape index (κ2) is 2.04. The van der Waals surface area contributed by atoms with Crippen LogP contribution in [0.25, 0.3) is 0 Å². The van der Waals surface area contributed by atoms with Crippen LogP contribution in [-0.2, 0) is 25.3 Å². The van der Waals surface area contributed by atoms with Crippen molar-refractivity contribution in [2.24, 2.45) is 11.5 Å². The molecule has 4 N–H and O–H groups in total. The molecule has 0 spiro atoms. The van der Waals surface area contributed by atoms with Gasteiger partial charge in [0.2, 0.25) is 0 Å². The molecular weight excluding hydrogens is 116 g/mol. The molecule has 0 aliphatic heterocycles. The maximum absolute atomic E-state index is 4.90. The number of hydrogen-bond donors (Lipinski definition) is 2. The molecule has 0 aliphatic carbocycles. The average Bonchev–Trinajstić information content (AvgIpc) is 1.36. The molecule has 0 saturated carbocycles. The van der Waals surface area contributed by atoms with Crippen LogP contribution in [0.4, 0.5) is 0 Å². The zero-order chi connectivity index (χ0) is 5.15. The Morgan fingerprint density at radius 2 is 1.17 bits per heavy atom. The normalized spacial score (nSPS) is 13.3. The summed E-state index contributed by atoms with van der Waals surface area (Å²) >= 11 is 8.66. The Labute approximate surface area is 47.4 Å². The molecular formula is C2H4N2S2-2. The predicted molar refractivity (Wildman–Crippen MR) is 30.1 cm³/mol. The van der Waals surface area contributed by atoms with Gasteiger partial charge < -0.3 is 36.7 Å². The van der Waals surface area contributed by atoms with Gasteiger partial charge in [-0.2, -0.15) is 0 Å². The molecule has 0 bridgehead atoms. The van der Waals surface area contributed by atoms with Crippen LogP contribution in [0.2, 0.25) is 0 Å². The Morgan fingerprint density at radius 1 is 1.00 bits per heavy atom. The van der Waals surface area contributed by atoms with Crippen molar-refractivity contribution in [2.45, 2.75) is 0 Å². The minimum atomic E-state index is 0.102. The number of rotatable bonds is 0. The van der Waals surface area contributed by atoms with Crippen molar-refractivity contribution >= 4 is 25.3 Å². The van der Waals surface area contributed by atoms with Gasteiger partial charge in [-0.15, -0.1) is 10.1 Å². The van der Waals surface area contributed by atoms with E-state index in [9.17, 15) is 0 Å². The van der Waals surface area contributed by atoms with Crippen LogP contribution in [0.5, 0.6) is 0 Å². The lowest BCUT2D eigenvalue weighted by Crippen LogP contribution is -2.03. The smallest absolute Gasteiger partial charge is 0.123 e. The number of nitrogens with two attached hydrogens (primary N) is 2. The van der Waals surface area contributed by atoms with Gasteiger partial charge in [0.25, 0.3) is 0 Å². The van der Waals surface area contributed by atoms with E-state index in [-0.39, 0.29) is 10.1 Å². The van der Waals surface area contributed by atoms with Gasteiger partial charge in [-0.25, -0.2) is 0 Å². The van der Waals surface area contributed by atoms with E-state index in [0.29, 0.717) is 0 Å². The van der Waals surface area contributed by atoms with Crippen molar-refractivity contribution in [3.63, 3.8) is 0 Å². The highest BCUT2D eigenvalue weighted by molar-refractivity contribution is 7.67. The first-order valence-electron chi connectivity index (χ1n) is 1.24. The molecule has 0 heterocycles. The maximum atomic E-state index is 4.90. The lowest BCUT2D eigenvalue weighted by molar-refractivity contribution is 1.43. The quantitative estimate of drug-likeness (QED) is 0.408. The Hall–Kier alpha value is -0.220. The van der Waals surface area contributed by atoms with Crippen molar-refractivity contribution in [1.29, 1.82) is 0 Å². The first-order valence-corrected chi connectivity index (χ1v) is 2.05. The fraction of sp³-hybridized carbons (Fsp3) is 0. The van der Waals surface area contributed by atoms with Crippen LogP contribution in [-0.4, -0.2) is 0 Å². The summed E-state index contributed by atoms with van der Waals surface area (Å²) in [5.74, 6) is 0. The summed E-state index contributed by atoms with van der Waals surface area (Å²) in [6, 6.07) is 0. The highest BCUT2D eigenvalue weighted by Crippen LogP contribution is 1.78.